The van der Waals surface area contributed by atoms with E-state index in [-0.39, 0.29) is 26.6 Å². The highest BCUT2D eigenvalue weighted by Crippen LogP contribution is 2.39. The molecule has 1 aliphatic rings. The molecule has 6 nitrogen and oxygen atoms in total. The zero-order valence-corrected chi connectivity index (χ0v) is 24.1. The quantitative estimate of drug-likeness (QED) is 0.153. The van der Waals surface area contributed by atoms with E-state index >= 15 is 0 Å². The number of carbonyl (C=O) groups excluding carboxylic acids is 1. The number of nitrogens with zero attached hydrogens (tertiary/aromatic N) is 2. The molecule has 0 spiro atoms. The van der Waals surface area contributed by atoms with Crippen LogP contribution in [0.4, 0.5) is 0 Å². The summed E-state index contributed by atoms with van der Waals surface area (Å²) in [5.41, 5.74) is 2.51. The molecule has 0 atom stereocenters. The first kappa shape index (κ1) is 28.0. The Morgan fingerprint density at radius 2 is 1.38 bits per heavy atom. The van der Waals surface area contributed by atoms with Gasteiger partial charge in [0.2, 0.25) is 0 Å². The first-order chi connectivity index (χ1) is 19.3. The van der Waals surface area contributed by atoms with E-state index in [0.717, 1.165) is 11.1 Å². The van der Waals surface area contributed by atoms with Gasteiger partial charge in [0.1, 0.15) is 4.90 Å². The van der Waals surface area contributed by atoms with Gasteiger partial charge in [0.15, 0.2) is 10.9 Å². The molecule has 0 bridgehead atoms. The SMILES string of the molecule is O=C1/C(=C\c2cc(Cl)c(OS(=O)(=O)c3ccccc3)c(Cl)c2)SC(=NCc2ccccc2)N1Cc1ccccc1. The van der Waals surface area contributed by atoms with E-state index in [4.69, 9.17) is 32.4 Å². The molecule has 202 valence electrons. The molecule has 4 aromatic carbocycles. The molecule has 0 aliphatic carbocycles. The van der Waals surface area contributed by atoms with Gasteiger partial charge in [0, 0.05) is 0 Å². The molecule has 0 saturated carbocycles. The highest BCUT2D eigenvalue weighted by Gasteiger charge is 2.33. The van der Waals surface area contributed by atoms with Crippen molar-refractivity contribution in [3.63, 3.8) is 0 Å². The third-order valence-corrected chi connectivity index (χ3v) is 8.70. The normalized spacial score (nSPS) is 15.7. The molecule has 5 rings (SSSR count). The largest absolute Gasteiger partial charge is 0.376 e. The summed E-state index contributed by atoms with van der Waals surface area (Å²) >= 11 is 14.1. The van der Waals surface area contributed by atoms with Crippen LogP contribution in [-0.2, 0) is 28.0 Å². The number of hydrogen-bond donors (Lipinski definition) is 0. The van der Waals surface area contributed by atoms with Crippen molar-refractivity contribution in [3.05, 3.63) is 135 Å². The van der Waals surface area contributed by atoms with Crippen LogP contribution in [0.5, 0.6) is 5.75 Å². The molecule has 0 aromatic heterocycles. The summed E-state index contributed by atoms with van der Waals surface area (Å²) in [5.74, 6) is -0.393. The molecule has 0 radical (unpaired) electrons. The van der Waals surface area contributed by atoms with Crippen molar-refractivity contribution < 1.29 is 17.4 Å². The maximum absolute atomic E-state index is 13.5. The molecule has 1 saturated heterocycles. The average molecular weight is 610 g/mol. The Kier molecular flexibility index (Phi) is 8.61. The van der Waals surface area contributed by atoms with E-state index in [0.29, 0.717) is 28.7 Å². The number of halogens is 2. The standard InChI is InChI=1S/C30H22Cl2N2O4S2/c31-25-16-23(17-26(32)28(25)38-40(36,37)24-14-8-3-9-15-24)18-27-29(35)34(20-22-12-6-2-7-13-22)30(39-27)33-19-21-10-4-1-5-11-21/h1-18H,19-20H2/b27-18+,33-30?. The van der Waals surface area contributed by atoms with Gasteiger partial charge < -0.3 is 4.18 Å². The first-order valence-electron chi connectivity index (χ1n) is 12.1. The lowest BCUT2D eigenvalue weighted by atomic mass is 10.2. The van der Waals surface area contributed by atoms with Crippen molar-refractivity contribution in [1.82, 2.24) is 4.90 Å². The van der Waals surface area contributed by atoms with Gasteiger partial charge in [-0.1, -0.05) is 102 Å². The van der Waals surface area contributed by atoms with E-state index in [2.05, 4.69) is 0 Å². The van der Waals surface area contributed by atoms with E-state index in [1.807, 2.05) is 60.7 Å². The van der Waals surface area contributed by atoms with Gasteiger partial charge in [-0.05, 0) is 58.8 Å². The van der Waals surface area contributed by atoms with E-state index in [9.17, 15) is 13.2 Å². The van der Waals surface area contributed by atoms with Crippen LogP contribution in [0, 0.1) is 0 Å². The molecule has 0 N–H and O–H groups in total. The lowest BCUT2D eigenvalue weighted by Gasteiger charge is -2.15. The monoisotopic (exact) mass is 608 g/mol. The molecular formula is C30H22Cl2N2O4S2. The Bertz CT molecular complexity index is 1670. The Morgan fingerprint density at radius 1 is 0.825 bits per heavy atom. The van der Waals surface area contributed by atoms with Crippen LogP contribution < -0.4 is 4.18 Å². The molecule has 1 heterocycles. The minimum atomic E-state index is -4.14. The topological polar surface area (TPSA) is 76.0 Å². The van der Waals surface area contributed by atoms with Crippen LogP contribution in [0.2, 0.25) is 10.0 Å². The molecule has 0 unspecified atom stereocenters. The number of amides is 1. The number of hydrogen-bond acceptors (Lipinski definition) is 6. The van der Waals surface area contributed by atoms with E-state index < -0.39 is 10.1 Å². The number of rotatable bonds is 8. The summed E-state index contributed by atoms with van der Waals surface area (Å²) in [4.78, 5) is 20.3. The maximum atomic E-state index is 13.5. The number of amidine groups is 1. The second-order valence-corrected chi connectivity index (χ2v) is 12.1. The van der Waals surface area contributed by atoms with Crippen LogP contribution in [0.3, 0.4) is 0 Å². The Balaban J connectivity index is 1.43. The molecule has 4 aromatic rings. The Hall–Kier alpha value is -3.56. The summed E-state index contributed by atoms with van der Waals surface area (Å²) < 4.78 is 30.6. The minimum absolute atomic E-state index is 0.00610. The number of aliphatic imine (C=N–C) groups is 1. The van der Waals surface area contributed by atoms with Crippen molar-refractivity contribution in [2.24, 2.45) is 4.99 Å². The van der Waals surface area contributed by atoms with Crippen molar-refractivity contribution in [1.29, 1.82) is 0 Å². The third-order valence-electron chi connectivity index (χ3n) is 5.85. The molecule has 40 heavy (non-hydrogen) atoms. The van der Waals surface area contributed by atoms with E-state index in [1.165, 1.54) is 36.0 Å². The molecule has 10 heteroatoms. The van der Waals surface area contributed by atoms with Crippen LogP contribution in [0.1, 0.15) is 16.7 Å². The fraction of sp³-hybridized carbons (Fsp3) is 0.0667. The highest BCUT2D eigenvalue weighted by molar-refractivity contribution is 8.18. The maximum Gasteiger partial charge on any atom is 0.339 e. The summed E-state index contributed by atoms with van der Waals surface area (Å²) in [6.07, 6.45) is 1.66. The molecule has 1 aliphatic heterocycles. The van der Waals surface area contributed by atoms with Crippen molar-refractivity contribution in [2.75, 3.05) is 0 Å². The lowest BCUT2D eigenvalue weighted by molar-refractivity contribution is -0.122. The summed E-state index contributed by atoms with van der Waals surface area (Å²) in [7, 11) is -4.14. The highest BCUT2D eigenvalue weighted by atomic mass is 35.5. The average Bonchev–Trinajstić information content (AvgIpc) is 3.24. The molecule has 1 amide bonds. The van der Waals surface area contributed by atoms with Crippen LogP contribution in [0.15, 0.2) is 118 Å². The van der Waals surface area contributed by atoms with Gasteiger partial charge in [-0.3, -0.25) is 14.7 Å². The van der Waals surface area contributed by atoms with Crippen LogP contribution in [0.25, 0.3) is 6.08 Å². The van der Waals surface area contributed by atoms with E-state index in [1.54, 1.807) is 29.2 Å². The fourth-order valence-corrected chi connectivity index (χ4v) is 6.55. The zero-order valence-electron chi connectivity index (χ0n) is 20.9. The predicted octanol–water partition coefficient (Wildman–Crippen LogP) is 7.43. The van der Waals surface area contributed by atoms with Crippen molar-refractivity contribution >= 4 is 62.2 Å². The second-order valence-electron chi connectivity index (χ2n) is 8.74. The smallest absolute Gasteiger partial charge is 0.339 e. The van der Waals surface area contributed by atoms with Crippen LogP contribution >= 0.6 is 35.0 Å². The van der Waals surface area contributed by atoms with Gasteiger partial charge >= 0.3 is 10.1 Å². The second kappa shape index (κ2) is 12.3. The minimum Gasteiger partial charge on any atom is -0.376 e. The van der Waals surface area contributed by atoms with Gasteiger partial charge in [-0.25, -0.2) is 0 Å². The Labute approximate surface area is 247 Å². The summed E-state index contributed by atoms with van der Waals surface area (Å²) in [6.45, 7) is 0.790. The predicted molar refractivity (Wildman–Crippen MR) is 161 cm³/mol. The molecule has 1 fully saturated rings. The summed E-state index contributed by atoms with van der Waals surface area (Å²) in [5, 5.41) is 0.567. The lowest BCUT2D eigenvalue weighted by Crippen LogP contribution is -2.28. The number of thioether (sulfide) groups is 1. The molecular weight excluding hydrogens is 587 g/mol. The van der Waals surface area contributed by atoms with Gasteiger partial charge in [0.05, 0.1) is 28.0 Å². The van der Waals surface area contributed by atoms with Gasteiger partial charge in [0.25, 0.3) is 5.91 Å². The number of benzene rings is 4. The summed E-state index contributed by atoms with van der Waals surface area (Å²) in [6, 6.07) is 30.2. The third kappa shape index (κ3) is 6.59. The fourth-order valence-electron chi connectivity index (χ4n) is 3.91. The number of carbonyl (C=O) groups is 1. The van der Waals surface area contributed by atoms with Crippen molar-refractivity contribution in [3.8, 4) is 5.75 Å². The van der Waals surface area contributed by atoms with Crippen molar-refractivity contribution in [2.45, 2.75) is 18.0 Å². The van der Waals surface area contributed by atoms with Gasteiger partial charge in [-0.15, -0.1) is 0 Å². The van der Waals surface area contributed by atoms with Gasteiger partial charge in [-0.2, -0.15) is 8.42 Å². The first-order valence-corrected chi connectivity index (χ1v) is 15.1. The van der Waals surface area contributed by atoms with Crippen LogP contribution in [-0.4, -0.2) is 24.4 Å². The zero-order chi connectivity index (χ0) is 28.1. The Morgan fingerprint density at radius 3 is 1.98 bits per heavy atom.